The highest BCUT2D eigenvalue weighted by molar-refractivity contribution is 8.76. The van der Waals surface area contributed by atoms with Gasteiger partial charge in [-0.05, 0) is 31.2 Å². The van der Waals surface area contributed by atoms with Crippen molar-refractivity contribution in [2.75, 3.05) is 22.8 Å². The summed E-state index contributed by atoms with van der Waals surface area (Å²) in [4.78, 5) is 23.0. The van der Waals surface area contributed by atoms with E-state index in [2.05, 4.69) is 10.0 Å². The van der Waals surface area contributed by atoms with Gasteiger partial charge in [-0.2, -0.15) is 0 Å². The molecule has 156 valence electrons. The molecule has 0 radical (unpaired) electrons. The molecule has 0 aliphatic rings. The molecule has 2 aromatic rings. The van der Waals surface area contributed by atoms with E-state index in [1.54, 1.807) is 30.3 Å². The van der Waals surface area contributed by atoms with Crippen molar-refractivity contribution < 1.29 is 23.1 Å². The number of carbonyl (C=O) groups excluding carboxylic acids is 1. The second-order valence-corrected chi connectivity index (χ2v) is 10.4. The Balaban J connectivity index is 1.94. The molecule has 0 fully saturated rings. The van der Waals surface area contributed by atoms with Crippen LogP contribution >= 0.6 is 21.6 Å². The molecule has 0 heterocycles. The first-order valence-electron chi connectivity index (χ1n) is 8.72. The molecule has 2 aromatic carbocycles. The van der Waals surface area contributed by atoms with E-state index < -0.39 is 16.0 Å². The Morgan fingerprint density at radius 1 is 1.00 bits per heavy atom. The number of benzene rings is 2. The Morgan fingerprint density at radius 3 is 2.34 bits per heavy atom. The molecule has 1 amide bonds. The van der Waals surface area contributed by atoms with Crippen molar-refractivity contribution in [3.63, 3.8) is 0 Å². The summed E-state index contributed by atoms with van der Waals surface area (Å²) in [7, 11) is -0.910. The van der Waals surface area contributed by atoms with Crippen LogP contribution in [0.15, 0.2) is 53.4 Å². The maximum absolute atomic E-state index is 12.6. The van der Waals surface area contributed by atoms with E-state index in [9.17, 15) is 18.0 Å². The lowest BCUT2D eigenvalue weighted by Gasteiger charge is -2.13. The molecule has 3 N–H and O–H groups in total. The highest BCUT2D eigenvalue weighted by Crippen LogP contribution is 2.22. The number of hydrogen-bond acceptors (Lipinski definition) is 6. The zero-order chi connectivity index (χ0) is 21.3. The van der Waals surface area contributed by atoms with Crippen molar-refractivity contribution in [1.82, 2.24) is 5.32 Å². The summed E-state index contributed by atoms with van der Waals surface area (Å²) in [6.07, 6.45) is 0.0958. The summed E-state index contributed by atoms with van der Waals surface area (Å²) < 4.78 is 27.7. The first-order chi connectivity index (χ1) is 13.8. The number of carbonyl (C=O) groups is 2. The maximum atomic E-state index is 12.6. The van der Waals surface area contributed by atoms with Crippen molar-refractivity contribution in [1.29, 1.82) is 0 Å². The highest BCUT2D eigenvalue weighted by Gasteiger charge is 2.18. The standard InChI is InChI=1S/C19H22N2O5S3/c1-14-6-8-15(9-7-14)29(25,26)21-17-5-3-2-4-16(17)19(24)20-11-13-28-27-12-10-18(22)23/h2-9,21H,10-13H2,1H3,(H,20,24)(H,22,23). The van der Waals surface area contributed by atoms with Gasteiger partial charge in [0.15, 0.2) is 0 Å². The van der Waals surface area contributed by atoms with Gasteiger partial charge in [-0.25, -0.2) is 8.42 Å². The quantitative estimate of drug-likeness (QED) is 0.352. The van der Waals surface area contributed by atoms with E-state index in [0.29, 0.717) is 18.1 Å². The molecule has 0 aliphatic heterocycles. The molecule has 0 spiro atoms. The maximum Gasteiger partial charge on any atom is 0.304 e. The zero-order valence-corrected chi connectivity index (χ0v) is 18.2. The van der Waals surface area contributed by atoms with Gasteiger partial charge in [0.1, 0.15) is 0 Å². The molecule has 0 saturated carbocycles. The predicted molar refractivity (Wildman–Crippen MR) is 118 cm³/mol. The Morgan fingerprint density at radius 2 is 1.66 bits per heavy atom. The minimum Gasteiger partial charge on any atom is -0.481 e. The van der Waals surface area contributed by atoms with Crippen molar-refractivity contribution in [3.05, 3.63) is 59.7 Å². The zero-order valence-electron chi connectivity index (χ0n) is 15.8. The van der Waals surface area contributed by atoms with Crippen LogP contribution in [-0.2, 0) is 14.8 Å². The highest BCUT2D eigenvalue weighted by atomic mass is 33.1. The lowest BCUT2D eigenvalue weighted by Crippen LogP contribution is -2.27. The number of aryl methyl sites for hydroxylation is 1. The van der Waals surface area contributed by atoms with Crippen molar-refractivity contribution in [3.8, 4) is 0 Å². The number of rotatable bonds is 11. The van der Waals surface area contributed by atoms with Crippen LogP contribution in [0, 0.1) is 6.92 Å². The minimum absolute atomic E-state index is 0.0958. The van der Waals surface area contributed by atoms with Crippen LogP contribution < -0.4 is 10.0 Å². The number of carboxylic acid groups (broad SMARTS) is 1. The largest absolute Gasteiger partial charge is 0.481 e. The van der Waals surface area contributed by atoms with E-state index in [-0.39, 0.29) is 28.5 Å². The molecule has 10 heteroatoms. The van der Waals surface area contributed by atoms with Gasteiger partial charge < -0.3 is 10.4 Å². The third-order valence-electron chi connectivity index (χ3n) is 3.70. The first-order valence-corrected chi connectivity index (χ1v) is 12.7. The minimum atomic E-state index is -3.81. The number of amides is 1. The van der Waals surface area contributed by atoms with Gasteiger partial charge in [-0.1, -0.05) is 51.4 Å². The molecule has 0 bridgehead atoms. The van der Waals surface area contributed by atoms with Crippen LogP contribution in [0.3, 0.4) is 0 Å². The molecule has 0 aromatic heterocycles. The average molecular weight is 455 g/mol. The summed E-state index contributed by atoms with van der Waals surface area (Å²) in [5, 5.41) is 11.3. The van der Waals surface area contributed by atoms with Gasteiger partial charge in [0, 0.05) is 18.1 Å². The fourth-order valence-electron chi connectivity index (χ4n) is 2.24. The third-order valence-corrected chi connectivity index (χ3v) is 7.49. The average Bonchev–Trinajstić information content (AvgIpc) is 2.67. The van der Waals surface area contributed by atoms with Crippen LogP contribution in [0.5, 0.6) is 0 Å². The summed E-state index contributed by atoms with van der Waals surface area (Å²) in [5.74, 6) is -0.121. The van der Waals surface area contributed by atoms with Crippen LogP contribution in [0.1, 0.15) is 22.3 Å². The Kier molecular flexibility index (Phi) is 8.87. The number of carboxylic acids is 1. The second-order valence-electron chi connectivity index (χ2n) is 6.01. The van der Waals surface area contributed by atoms with Gasteiger partial charge in [-0.3, -0.25) is 14.3 Å². The van der Waals surface area contributed by atoms with E-state index in [0.717, 1.165) is 5.56 Å². The number of anilines is 1. The smallest absolute Gasteiger partial charge is 0.304 e. The molecular formula is C19H22N2O5S3. The molecular weight excluding hydrogens is 432 g/mol. The number of nitrogens with one attached hydrogen (secondary N) is 2. The lowest BCUT2D eigenvalue weighted by atomic mass is 10.2. The number of aliphatic carboxylic acids is 1. The van der Waals surface area contributed by atoms with Gasteiger partial charge in [0.05, 0.1) is 22.6 Å². The van der Waals surface area contributed by atoms with Crippen LogP contribution in [0.4, 0.5) is 5.69 Å². The second kappa shape index (κ2) is 11.1. The van der Waals surface area contributed by atoms with Crippen molar-refractivity contribution in [2.24, 2.45) is 0 Å². The molecule has 0 atom stereocenters. The third kappa shape index (κ3) is 7.64. The van der Waals surface area contributed by atoms with E-state index >= 15 is 0 Å². The Labute approximate surface area is 178 Å². The topological polar surface area (TPSA) is 113 Å². The molecule has 2 rings (SSSR count). The summed E-state index contributed by atoms with van der Waals surface area (Å²) in [6, 6.07) is 12.8. The Bertz CT molecular complexity index is 947. The molecule has 0 saturated heterocycles. The summed E-state index contributed by atoms with van der Waals surface area (Å²) in [5.41, 5.74) is 1.38. The summed E-state index contributed by atoms with van der Waals surface area (Å²) >= 11 is 0. The normalized spacial score (nSPS) is 11.1. The van der Waals surface area contributed by atoms with Gasteiger partial charge in [0.25, 0.3) is 15.9 Å². The van der Waals surface area contributed by atoms with Crippen LogP contribution in [-0.4, -0.2) is 43.5 Å². The van der Waals surface area contributed by atoms with Crippen molar-refractivity contribution >= 4 is 49.2 Å². The van der Waals surface area contributed by atoms with Crippen molar-refractivity contribution in [2.45, 2.75) is 18.2 Å². The molecule has 29 heavy (non-hydrogen) atoms. The summed E-state index contributed by atoms with van der Waals surface area (Å²) in [6.45, 7) is 2.25. The van der Waals surface area contributed by atoms with Gasteiger partial charge in [-0.15, -0.1) is 0 Å². The van der Waals surface area contributed by atoms with Gasteiger partial charge in [0.2, 0.25) is 0 Å². The van der Waals surface area contributed by atoms with E-state index in [4.69, 9.17) is 5.11 Å². The predicted octanol–water partition coefficient (Wildman–Crippen LogP) is 3.38. The fourth-order valence-corrected chi connectivity index (χ4v) is 5.21. The molecule has 0 unspecified atom stereocenters. The molecule has 7 nitrogen and oxygen atoms in total. The van der Waals surface area contributed by atoms with E-state index in [1.165, 1.54) is 39.8 Å². The van der Waals surface area contributed by atoms with E-state index in [1.807, 2.05) is 6.92 Å². The Hall–Kier alpha value is -2.17. The monoisotopic (exact) mass is 454 g/mol. The fraction of sp³-hybridized carbons (Fsp3) is 0.263. The number of hydrogen-bond donors (Lipinski definition) is 3. The lowest BCUT2D eigenvalue weighted by molar-refractivity contribution is -0.136. The molecule has 0 aliphatic carbocycles. The van der Waals surface area contributed by atoms with Crippen LogP contribution in [0.2, 0.25) is 0 Å². The SMILES string of the molecule is Cc1ccc(S(=O)(=O)Nc2ccccc2C(=O)NCCSSCCC(=O)O)cc1. The van der Waals surface area contributed by atoms with Gasteiger partial charge >= 0.3 is 5.97 Å². The number of sulfonamides is 1. The first kappa shape index (κ1) is 23.1. The van der Waals surface area contributed by atoms with Crippen LogP contribution in [0.25, 0.3) is 0 Å². The number of para-hydroxylation sites is 1.